The molecule has 0 saturated carbocycles. The number of aromatic nitrogens is 2. The van der Waals surface area contributed by atoms with Gasteiger partial charge < -0.3 is 19.5 Å². The summed E-state index contributed by atoms with van der Waals surface area (Å²) in [5.74, 6) is -0.311. The first-order chi connectivity index (χ1) is 19.6. The van der Waals surface area contributed by atoms with Crippen LogP contribution >= 0.6 is 0 Å². The molecular weight excluding hydrogens is 516 g/mol. The van der Waals surface area contributed by atoms with E-state index in [0.717, 1.165) is 61.2 Å². The summed E-state index contributed by atoms with van der Waals surface area (Å²) < 4.78 is 5.37. The highest BCUT2D eigenvalue weighted by Gasteiger charge is 2.32. The highest BCUT2D eigenvalue weighted by Crippen LogP contribution is 2.30. The first kappa shape index (κ1) is 27.7. The van der Waals surface area contributed by atoms with Crippen molar-refractivity contribution in [3.8, 4) is 0 Å². The quantitative estimate of drug-likeness (QED) is 0.471. The Morgan fingerprint density at radius 1 is 0.976 bits per heavy atom. The molecule has 2 aromatic heterocycles. The van der Waals surface area contributed by atoms with Gasteiger partial charge in [-0.1, -0.05) is 25.3 Å². The number of carbonyl (C=O) groups excluding carboxylic acids is 3. The van der Waals surface area contributed by atoms with E-state index in [1.54, 1.807) is 19.1 Å². The van der Waals surface area contributed by atoms with Gasteiger partial charge in [0.2, 0.25) is 0 Å². The van der Waals surface area contributed by atoms with Gasteiger partial charge in [-0.05, 0) is 81.0 Å². The van der Waals surface area contributed by atoms with Crippen molar-refractivity contribution in [2.75, 3.05) is 0 Å². The van der Waals surface area contributed by atoms with Crippen LogP contribution in [0.25, 0.3) is 30.4 Å². The third kappa shape index (κ3) is 5.20. The van der Waals surface area contributed by atoms with E-state index in [0.29, 0.717) is 30.5 Å². The maximum Gasteiger partial charge on any atom is 0.311 e. The predicted octanol–water partition coefficient (Wildman–Crippen LogP) is 4.54. The van der Waals surface area contributed by atoms with Gasteiger partial charge in [-0.15, -0.1) is 0 Å². The molecule has 2 N–H and O–H groups in total. The molecule has 3 aliphatic heterocycles. The molecule has 1 amide bonds. The van der Waals surface area contributed by atoms with Crippen LogP contribution in [0.15, 0.2) is 51.3 Å². The number of aliphatic imine (C=N–C) groups is 2. The number of aromatic amines is 2. The van der Waals surface area contributed by atoms with Gasteiger partial charge in [0.1, 0.15) is 11.5 Å². The molecule has 0 atom stereocenters. The van der Waals surface area contributed by atoms with Gasteiger partial charge in [0.15, 0.2) is 5.76 Å². The average Bonchev–Trinajstić information content (AvgIpc) is 3.62. The van der Waals surface area contributed by atoms with Crippen molar-refractivity contribution in [1.82, 2.24) is 9.97 Å². The number of H-pyrrole nitrogens is 2. The van der Waals surface area contributed by atoms with Crippen molar-refractivity contribution in [3.63, 3.8) is 0 Å². The van der Waals surface area contributed by atoms with Crippen LogP contribution < -0.4 is 10.7 Å². The predicted molar refractivity (Wildman–Crippen MR) is 162 cm³/mol. The third-order valence-corrected chi connectivity index (χ3v) is 7.75. The molecule has 5 heterocycles. The van der Waals surface area contributed by atoms with E-state index in [1.165, 1.54) is 0 Å². The van der Waals surface area contributed by atoms with Gasteiger partial charge in [-0.3, -0.25) is 14.6 Å². The van der Waals surface area contributed by atoms with Crippen molar-refractivity contribution >= 4 is 60.0 Å². The summed E-state index contributed by atoms with van der Waals surface area (Å²) in [7, 11) is 0. The van der Waals surface area contributed by atoms with Crippen molar-refractivity contribution in [3.05, 3.63) is 85.7 Å². The van der Waals surface area contributed by atoms with E-state index in [9.17, 15) is 14.4 Å². The zero-order chi connectivity index (χ0) is 29.4. The smallest absolute Gasteiger partial charge is 0.311 e. The lowest BCUT2D eigenvalue weighted by Gasteiger charge is -2.12. The van der Waals surface area contributed by atoms with Crippen LogP contribution in [0, 0.1) is 13.8 Å². The van der Waals surface area contributed by atoms with Crippen LogP contribution in [0.1, 0.15) is 73.2 Å². The number of ketones is 1. The van der Waals surface area contributed by atoms with E-state index >= 15 is 0 Å². The number of nitrogens with zero attached hydrogens (tertiary/aromatic N) is 2. The second-order valence-corrected chi connectivity index (χ2v) is 10.4. The monoisotopic (exact) mass is 548 g/mol. The standard InChI is InChI=1S/C33H32N4O4/c1-7-22-19(5)26(35-28(22)13-25-18(4)21(16-34-25)10-9-17(3)38)14-29-23(8-2)20(6)27(36-29)15-30-32-24(33(40)37-30)11-12-31(39)41-32/h7-8,13-16,35-36H,1-2,9-12H2,3-6H3/b25-13?,27-15-,29-14?. The SMILES string of the molecule is C=Cc1c(C=C2N=CC(CCC(C)=O)=C2C)[nH]c(C=c2[nH]/c(=C\C3=NC(=O)C4=C3OC(=O)CC4)c(C)c2C=C)c1C. The Hall–Kier alpha value is -4.85. The second-order valence-electron chi connectivity index (χ2n) is 10.4. The van der Waals surface area contributed by atoms with Crippen molar-refractivity contribution in [1.29, 1.82) is 0 Å². The lowest BCUT2D eigenvalue weighted by atomic mass is 10.0. The van der Waals surface area contributed by atoms with E-state index < -0.39 is 0 Å². The van der Waals surface area contributed by atoms with Crippen molar-refractivity contribution in [2.45, 2.75) is 53.4 Å². The van der Waals surface area contributed by atoms with Gasteiger partial charge >= 0.3 is 5.97 Å². The fraction of sp³-hybridized carbons (Fsp3) is 0.242. The molecule has 0 aromatic carbocycles. The lowest BCUT2D eigenvalue weighted by molar-refractivity contribution is -0.139. The molecule has 8 nitrogen and oxygen atoms in total. The van der Waals surface area contributed by atoms with Gasteiger partial charge in [-0.25, -0.2) is 4.99 Å². The average molecular weight is 549 g/mol. The van der Waals surface area contributed by atoms with E-state index in [1.807, 2.05) is 45.2 Å². The topological polar surface area (TPSA) is 117 Å². The van der Waals surface area contributed by atoms with Crippen LogP contribution in [0.4, 0.5) is 0 Å². The Kier molecular flexibility index (Phi) is 7.41. The van der Waals surface area contributed by atoms with Gasteiger partial charge in [0.25, 0.3) is 5.91 Å². The molecule has 0 fully saturated rings. The number of Topliss-reactive ketones (excluding diaryl/α,β-unsaturated/α-hetero) is 1. The van der Waals surface area contributed by atoms with E-state index in [-0.39, 0.29) is 29.8 Å². The Labute approximate surface area is 238 Å². The maximum absolute atomic E-state index is 12.4. The normalized spacial score (nSPS) is 18.5. The number of ether oxygens (including phenoxy) is 1. The molecule has 41 heavy (non-hydrogen) atoms. The molecule has 208 valence electrons. The molecule has 2 aromatic rings. The number of nitrogens with one attached hydrogen (secondary N) is 2. The largest absolute Gasteiger partial charge is 0.424 e. The summed E-state index contributed by atoms with van der Waals surface area (Å²) in [6, 6.07) is 0. The molecule has 0 saturated heterocycles. The minimum absolute atomic E-state index is 0.161. The van der Waals surface area contributed by atoms with E-state index in [4.69, 9.17) is 4.74 Å². The summed E-state index contributed by atoms with van der Waals surface area (Å²) in [4.78, 5) is 51.3. The fourth-order valence-corrected chi connectivity index (χ4v) is 5.28. The maximum atomic E-state index is 12.4. The summed E-state index contributed by atoms with van der Waals surface area (Å²) >= 11 is 0. The molecule has 8 heteroatoms. The lowest BCUT2D eigenvalue weighted by Crippen LogP contribution is -2.18. The second kappa shape index (κ2) is 11.0. The molecule has 0 spiro atoms. The summed E-state index contributed by atoms with van der Waals surface area (Å²) in [6.07, 6.45) is 12.9. The molecule has 0 unspecified atom stereocenters. The van der Waals surface area contributed by atoms with Crippen LogP contribution in [0.3, 0.4) is 0 Å². The molecular formula is C33H32N4O4. The number of esters is 1. The molecule has 3 aliphatic rings. The van der Waals surface area contributed by atoms with Crippen LogP contribution in [0.5, 0.6) is 0 Å². The summed E-state index contributed by atoms with van der Waals surface area (Å²) in [5, 5.41) is 1.56. The van der Waals surface area contributed by atoms with Crippen molar-refractivity contribution in [2.24, 2.45) is 9.98 Å². The number of hydrogen-bond donors (Lipinski definition) is 2. The van der Waals surface area contributed by atoms with Crippen LogP contribution in [0.2, 0.25) is 0 Å². The number of hydrogen-bond acceptors (Lipinski definition) is 5. The summed E-state index contributed by atoms with van der Waals surface area (Å²) in [5.41, 5.74) is 9.36. The Bertz CT molecular complexity index is 1830. The Morgan fingerprint density at radius 2 is 1.73 bits per heavy atom. The molecule has 5 rings (SSSR count). The Morgan fingerprint density at radius 3 is 2.44 bits per heavy atom. The van der Waals surface area contributed by atoms with Crippen molar-refractivity contribution < 1.29 is 19.1 Å². The number of allylic oxidation sites excluding steroid dienone is 3. The molecule has 0 aliphatic carbocycles. The van der Waals surface area contributed by atoms with E-state index in [2.05, 4.69) is 33.1 Å². The minimum atomic E-state index is -0.365. The molecule has 0 radical (unpaired) electrons. The van der Waals surface area contributed by atoms with Gasteiger partial charge in [0, 0.05) is 45.8 Å². The third-order valence-electron chi connectivity index (χ3n) is 7.75. The van der Waals surface area contributed by atoms with Gasteiger partial charge in [-0.2, -0.15) is 0 Å². The highest BCUT2D eigenvalue weighted by molar-refractivity contribution is 6.31. The number of rotatable bonds is 8. The number of amides is 1. The van der Waals surface area contributed by atoms with Gasteiger partial charge in [0.05, 0.1) is 17.7 Å². The zero-order valence-electron chi connectivity index (χ0n) is 23.7. The highest BCUT2D eigenvalue weighted by atomic mass is 16.5. The first-order valence-electron chi connectivity index (χ1n) is 13.5. The van der Waals surface area contributed by atoms with Crippen LogP contribution in [-0.4, -0.2) is 39.6 Å². The fourth-order valence-electron chi connectivity index (χ4n) is 5.28. The molecule has 0 bridgehead atoms. The zero-order valence-corrected chi connectivity index (χ0v) is 23.7. The van der Waals surface area contributed by atoms with Crippen LogP contribution in [-0.2, 0) is 19.1 Å². The minimum Gasteiger partial charge on any atom is -0.424 e. The Balaban J connectivity index is 1.55. The summed E-state index contributed by atoms with van der Waals surface area (Å²) in [6.45, 7) is 15.6. The number of carbonyl (C=O) groups is 3. The first-order valence-corrected chi connectivity index (χ1v) is 13.5.